The molecule has 0 aromatic rings. The Morgan fingerprint density at radius 1 is 0.575 bits per heavy atom. The molecular weight excluding hydrogens is 504 g/mol. The zero-order chi connectivity index (χ0) is 28.0. The molecule has 4 saturated carbocycles. The highest BCUT2D eigenvalue weighted by Gasteiger charge is 2.61. The summed E-state index contributed by atoms with van der Waals surface area (Å²) < 4.78 is 7.68. The molecule has 40 heavy (non-hydrogen) atoms. The minimum atomic E-state index is 0.676. The number of hydrogen-bond acceptors (Lipinski definition) is 3. The van der Waals surface area contributed by atoms with Gasteiger partial charge in [0.2, 0.25) is 0 Å². The van der Waals surface area contributed by atoms with Gasteiger partial charge in [-0.1, -0.05) is 111 Å². The van der Waals surface area contributed by atoms with E-state index in [0.717, 1.165) is 47.3 Å². The van der Waals surface area contributed by atoms with Gasteiger partial charge in [0.1, 0.15) is 0 Å². The number of rotatable bonds is 15. The van der Waals surface area contributed by atoms with E-state index < -0.39 is 0 Å². The number of unbranched alkanes of at least 4 members (excludes halogenated alkanes) is 10. The van der Waals surface area contributed by atoms with Crippen molar-refractivity contribution in [2.45, 2.75) is 181 Å². The Kier molecular flexibility index (Phi) is 12.1. The molecule has 1 heterocycles. The SMILES string of the molecule is CCCCCCCCC1(CCCCCCCC)C2CC(C)CCC2C2CCC(C3CCC(C)C4NSN[C@@H]34)CC21. The van der Waals surface area contributed by atoms with Crippen molar-refractivity contribution in [3.05, 3.63) is 0 Å². The van der Waals surface area contributed by atoms with Crippen LogP contribution in [0.4, 0.5) is 0 Å². The number of hydrogen-bond donors (Lipinski definition) is 2. The topological polar surface area (TPSA) is 24.1 Å². The minimum Gasteiger partial charge on any atom is -0.246 e. The largest absolute Gasteiger partial charge is 0.246 e. The van der Waals surface area contributed by atoms with Crippen molar-refractivity contribution in [3.8, 4) is 0 Å². The molecule has 10 atom stereocenters. The van der Waals surface area contributed by atoms with Gasteiger partial charge in [-0.3, -0.25) is 0 Å². The fraction of sp³-hybridized carbons (Fsp3) is 1.00. The Balaban J connectivity index is 1.34. The van der Waals surface area contributed by atoms with Crippen LogP contribution in [0.3, 0.4) is 0 Å². The Labute approximate surface area is 254 Å². The van der Waals surface area contributed by atoms with Crippen molar-refractivity contribution in [1.82, 2.24) is 9.44 Å². The zero-order valence-corrected chi connectivity index (χ0v) is 28.1. The molecule has 0 aromatic carbocycles. The van der Waals surface area contributed by atoms with E-state index in [1.807, 2.05) is 12.1 Å². The molecule has 1 saturated heterocycles. The van der Waals surface area contributed by atoms with Gasteiger partial charge in [0.05, 0.1) is 0 Å². The van der Waals surface area contributed by atoms with Crippen molar-refractivity contribution >= 4 is 12.1 Å². The monoisotopic (exact) mass is 573 g/mol. The fourth-order valence-electron chi connectivity index (χ4n) is 11.5. The maximum atomic E-state index is 3.90. The molecule has 3 heteroatoms. The van der Waals surface area contributed by atoms with E-state index in [-0.39, 0.29) is 0 Å². The zero-order valence-electron chi connectivity index (χ0n) is 27.2. The first-order chi connectivity index (χ1) is 19.6. The summed E-state index contributed by atoms with van der Waals surface area (Å²) >= 11 is 1.82. The van der Waals surface area contributed by atoms with Crippen LogP contribution in [0.2, 0.25) is 0 Å². The molecule has 5 fully saturated rings. The van der Waals surface area contributed by atoms with Crippen LogP contribution in [-0.2, 0) is 0 Å². The smallest absolute Gasteiger partial charge is 0.0380 e. The van der Waals surface area contributed by atoms with Crippen molar-refractivity contribution in [1.29, 1.82) is 0 Å². The lowest BCUT2D eigenvalue weighted by molar-refractivity contribution is 0.0133. The molecule has 5 aliphatic rings. The Hall–Kier alpha value is 0.270. The summed E-state index contributed by atoms with van der Waals surface area (Å²) in [6, 6.07) is 1.41. The molecule has 0 aromatic heterocycles. The lowest BCUT2D eigenvalue weighted by Crippen LogP contribution is -2.51. The summed E-state index contributed by atoms with van der Waals surface area (Å²) in [7, 11) is 0. The molecule has 232 valence electrons. The van der Waals surface area contributed by atoms with E-state index in [2.05, 4.69) is 37.1 Å². The molecule has 0 bridgehead atoms. The van der Waals surface area contributed by atoms with Crippen LogP contribution in [0.1, 0.15) is 169 Å². The average molecular weight is 573 g/mol. The van der Waals surface area contributed by atoms with Crippen molar-refractivity contribution in [2.75, 3.05) is 0 Å². The van der Waals surface area contributed by atoms with Gasteiger partial charge < -0.3 is 0 Å². The summed E-state index contributed by atoms with van der Waals surface area (Å²) in [5.41, 5.74) is 0.676. The second-order valence-corrected chi connectivity index (χ2v) is 16.6. The van der Waals surface area contributed by atoms with Gasteiger partial charge in [-0.25, -0.2) is 9.44 Å². The summed E-state index contributed by atoms with van der Waals surface area (Å²) in [6.45, 7) is 9.84. The van der Waals surface area contributed by atoms with Crippen LogP contribution in [-0.4, -0.2) is 12.1 Å². The Morgan fingerprint density at radius 2 is 1.12 bits per heavy atom. The maximum absolute atomic E-state index is 3.90. The molecule has 0 radical (unpaired) electrons. The lowest BCUT2D eigenvalue weighted by Gasteiger charge is -2.49. The second-order valence-electron chi connectivity index (χ2n) is 15.9. The Bertz CT molecular complexity index is 724. The summed E-state index contributed by atoms with van der Waals surface area (Å²) in [5.74, 6) is 7.91. The fourth-order valence-corrected chi connectivity index (χ4v) is 12.5. The van der Waals surface area contributed by atoms with E-state index in [4.69, 9.17) is 0 Å². The number of nitrogens with one attached hydrogen (secondary N) is 2. The number of fused-ring (bicyclic) bond motifs is 4. The third kappa shape index (κ3) is 6.98. The normalized spacial score (nSPS) is 40.5. The minimum absolute atomic E-state index is 0.676. The molecular formula is C37H68N2S. The third-order valence-electron chi connectivity index (χ3n) is 13.5. The van der Waals surface area contributed by atoms with Crippen LogP contribution in [0.25, 0.3) is 0 Å². The third-order valence-corrected chi connectivity index (χ3v) is 14.3. The van der Waals surface area contributed by atoms with E-state index in [0.29, 0.717) is 17.5 Å². The van der Waals surface area contributed by atoms with Crippen molar-refractivity contribution < 1.29 is 0 Å². The summed E-state index contributed by atoms with van der Waals surface area (Å²) in [6.07, 6.45) is 33.1. The van der Waals surface area contributed by atoms with Crippen LogP contribution in [0, 0.1) is 52.8 Å². The standard InChI is InChI=1S/C37H68N2S/c1-5-7-9-11-13-15-23-37(24-16-14-12-10-8-6-2)33-25-27(3)17-20-31(33)32-22-19-29(26-34(32)37)30-21-18-28(4)35-36(30)39-40-38-35/h27-36,38-39H,5-26H2,1-4H3/t27?,28?,29?,30?,31?,32?,33?,34?,35?,36-/m0/s1. The van der Waals surface area contributed by atoms with Gasteiger partial charge in [0.15, 0.2) is 0 Å². The van der Waals surface area contributed by atoms with Crippen LogP contribution in [0.5, 0.6) is 0 Å². The quantitative estimate of drug-likeness (QED) is 0.151. The van der Waals surface area contributed by atoms with Crippen LogP contribution >= 0.6 is 12.1 Å². The van der Waals surface area contributed by atoms with Gasteiger partial charge in [-0.15, -0.1) is 0 Å². The predicted molar refractivity (Wildman–Crippen MR) is 176 cm³/mol. The molecule has 4 aliphatic carbocycles. The first-order valence-corrected chi connectivity index (χ1v) is 19.6. The molecule has 0 spiro atoms. The van der Waals surface area contributed by atoms with E-state index >= 15 is 0 Å². The molecule has 2 nitrogen and oxygen atoms in total. The first-order valence-electron chi connectivity index (χ1n) is 18.8. The Morgan fingerprint density at radius 3 is 1.80 bits per heavy atom. The van der Waals surface area contributed by atoms with E-state index in [1.165, 1.54) is 96.3 Å². The summed E-state index contributed by atoms with van der Waals surface area (Å²) in [5, 5.41) is 0. The van der Waals surface area contributed by atoms with Crippen molar-refractivity contribution in [2.24, 2.45) is 52.8 Å². The maximum Gasteiger partial charge on any atom is 0.0380 e. The van der Waals surface area contributed by atoms with Crippen LogP contribution < -0.4 is 9.44 Å². The van der Waals surface area contributed by atoms with Crippen LogP contribution in [0.15, 0.2) is 0 Å². The molecule has 1 aliphatic heterocycles. The summed E-state index contributed by atoms with van der Waals surface area (Å²) in [4.78, 5) is 0. The lowest BCUT2D eigenvalue weighted by atomic mass is 9.57. The molecule has 0 amide bonds. The van der Waals surface area contributed by atoms with Gasteiger partial charge in [-0.2, -0.15) is 0 Å². The molecule has 2 N–H and O–H groups in total. The molecule has 9 unspecified atom stereocenters. The predicted octanol–water partition coefficient (Wildman–Crippen LogP) is 11.1. The van der Waals surface area contributed by atoms with Gasteiger partial charge in [-0.05, 0) is 111 Å². The second kappa shape index (κ2) is 15.3. The first kappa shape index (κ1) is 31.7. The van der Waals surface area contributed by atoms with E-state index in [1.54, 1.807) is 44.9 Å². The highest BCUT2D eigenvalue weighted by Crippen LogP contribution is 2.68. The average Bonchev–Trinajstić information content (AvgIpc) is 3.55. The highest BCUT2D eigenvalue weighted by molar-refractivity contribution is 7.95. The molecule has 5 rings (SSSR count). The van der Waals surface area contributed by atoms with Gasteiger partial charge in [0.25, 0.3) is 0 Å². The van der Waals surface area contributed by atoms with Gasteiger partial charge >= 0.3 is 0 Å². The van der Waals surface area contributed by atoms with E-state index in [9.17, 15) is 0 Å². The highest BCUT2D eigenvalue weighted by atomic mass is 32.2. The van der Waals surface area contributed by atoms with Crippen molar-refractivity contribution in [3.63, 3.8) is 0 Å². The van der Waals surface area contributed by atoms with Gasteiger partial charge in [0, 0.05) is 24.2 Å².